The first kappa shape index (κ1) is 19.8. The number of hydrogen-bond acceptors (Lipinski definition) is 5. The van der Waals surface area contributed by atoms with Crippen molar-refractivity contribution in [2.24, 2.45) is 0 Å². The molecular formula is C21H16Cl2N4OS. The summed E-state index contributed by atoms with van der Waals surface area (Å²) in [5.41, 5.74) is 3.35. The maximum atomic E-state index is 9.50. The lowest BCUT2D eigenvalue weighted by molar-refractivity contribution is 0.355. The summed E-state index contributed by atoms with van der Waals surface area (Å²) < 4.78 is 5.97. The van der Waals surface area contributed by atoms with E-state index in [0.29, 0.717) is 55.4 Å². The van der Waals surface area contributed by atoms with Gasteiger partial charge in [-0.15, -0.1) is 0 Å². The Morgan fingerprint density at radius 2 is 2.10 bits per heavy atom. The number of nitriles is 1. The second kappa shape index (κ2) is 8.50. The predicted molar refractivity (Wildman–Crippen MR) is 118 cm³/mol. The molecule has 0 spiro atoms. The highest BCUT2D eigenvalue weighted by Gasteiger charge is 2.19. The van der Waals surface area contributed by atoms with E-state index in [1.807, 2.05) is 6.26 Å². The summed E-state index contributed by atoms with van der Waals surface area (Å²) in [6.07, 6.45) is 11.9. The number of nitrogens with zero attached hydrogens (tertiary/aromatic N) is 3. The van der Waals surface area contributed by atoms with E-state index in [1.165, 1.54) is 11.8 Å². The van der Waals surface area contributed by atoms with Crippen LogP contribution in [0.2, 0.25) is 10.0 Å². The van der Waals surface area contributed by atoms with Gasteiger partial charge in [0.15, 0.2) is 5.16 Å². The second-order valence-corrected chi connectivity index (χ2v) is 7.99. The Kier molecular flexibility index (Phi) is 5.81. The van der Waals surface area contributed by atoms with Crippen LogP contribution in [-0.4, -0.2) is 27.8 Å². The third-order valence-electron chi connectivity index (χ3n) is 4.56. The van der Waals surface area contributed by atoms with Crippen molar-refractivity contribution in [2.45, 2.75) is 18.0 Å². The van der Waals surface area contributed by atoms with Crippen LogP contribution in [0.3, 0.4) is 0 Å². The minimum Gasteiger partial charge on any atom is -0.487 e. The SMILES string of the molecule is CSc1nc(-c2cc(OCC3=CCCC=C3)c(Cl)cc2Cl)c2c(C#N)c[nH]c2n1. The molecule has 0 fully saturated rings. The van der Waals surface area contributed by atoms with E-state index in [1.54, 1.807) is 18.3 Å². The van der Waals surface area contributed by atoms with Gasteiger partial charge >= 0.3 is 0 Å². The lowest BCUT2D eigenvalue weighted by Crippen LogP contribution is -2.02. The highest BCUT2D eigenvalue weighted by atomic mass is 35.5. The Labute approximate surface area is 182 Å². The smallest absolute Gasteiger partial charge is 0.189 e. The van der Waals surface area contributed by atoms with Gasteiger partial charge in [0.25, 0.3) is 0 Å². The van der Waals surface area contributed by atoms with Gasteiger partial charge in [-0.3, -0.25) is 0 Å². The van der Waals surface area contributed by atoms with E-state index in [9.17, 15) is 5.26 Å². The number of allylic oxidation sites excluding steroid dienone is 2. The number of fused-ring (bicyclic) bond motifs is 1. The molecule has 1 aliphatic carbocycles. The van der Waals surface area contributed by atoms with Gasteiger partial charge in [0.2, 0.25) is 0 Å². The van der Waals surface area contributed by atoms with Gasteiger partial charge in [0.05, 0.1) is 26.7 Å². The third-order valence-corrected chi connectivity index (χ3v) is 5.71. The topological polar surface area (TPSA) is 74.6 Å². The molecule has 3 aromatic rings. The van der Waals surface area contributed by atoms with Crippen molar-refractivity contribution in [3.63, 3.8) is 0 Å². The Hall–Kier alpha value is -2.46. The predicted octanol–water partition coefficient (Wildman–Crippen LogP) is 6.18. The first-order chi connectivity index (χ1) is 14.1. The zero-order chi connectivity index (χ0) is 20.4. The molecule has 1 aliphatic rings. The van der Waals surface area contributed by atoms with Crippen molar-refractivity contribution in [3.8, 4) is 23.1 Å². The van der Waals surface area contributed by atoms with Crippen LogP contribution in [0.5, 0.6) is 5.75 Å². The van der Waals surface area contributed by atoms with Gasteiger partial charge in [-0.25, -0.2) is 9.97 Å². The maximum absolute atomic E-state index is 9.50. The highest BCUT2D eigenvalue weighted by molar-refractivity contribution is 7.98. The summed E-state index contributed by atoms with van der Waals surface area (Å²) in [6, 6.07) is 5.60. The van der Waals surface area contributed by atoms with E-state index in [0.717, 1.165) is 18.4 Å². The molecule has 0 bridgehead atoms. The van der Waals surface area contributed by atoms with Crippen LogP contribution < -0.4 is 4.74 Å². The molecule has 0 saturated heterocycles. The summed E-state index contributed by atoms with van der Waals surface area (Å²) in [5.74, 6) is 0.512. The number of H-pyrrole nitrogens is 1. The lowest BCUT2D eigenvalue weighted by Gasteiger charge is -2.14. The second-order valence-electron chi connectivity index (χ2n) is 6.41. The summed E-state index contributed by atoms with van der Waals surface area (Å²) in [6.45, 7) is 0.417. The molecule has 5 nitrogen and oxygen atoms in total. The Balaban J connectivity index is 1.81. The molecular weight excluding hydrogens is 427 g/mol. The van der Waals surface area contributed by atoms with E-state index >= 15 is 0 Å². The third kappa shape index (κ3) is 3.99. The number of halogens is 2. The average molecular weight is 443 g/mol. The van der Waals surface area contributed by atoms with Gasteiger partial charge in [-0.2, -0.15) is 5.26 Å². The van der Waals surface area contributed by atoms with Gasteiger partial charge in [-0.1, -0.05) is 53.2 Å². The Morgan fingerprint density at radius 3 is 2.83 bits per heavy atom. The van der Waals surface area contributed by atoms with E-state index in [2.05, 4.69) is 39.2 Å². The lowest BCUT2D eigenvalue weighted by atomic mass is 10.1. The number of hydrogen-bond donors (Lipinski definition) is 1. The van der Waals surface area contributed by atoms with Crippen LogP contribution in [-0.2, 0) is 0 Å². The maximum Gasteiger partial charge on any atom is 0.189 e. The zero-order valence-electron chi connectivity index (χ0n) is 15.5. The van der Waals surface area contributed by atoms with Crippen molar-refractivity contribution in [2.75, 3.05) is 12.9 Å². The van der Waals surface area contributed by atoms with E-state index in [-0.39, 0.29) is 0 Å². The summed E-state index contributed by atoms with van der Waals surface area (Å²) in [5, 5.41) is 11.5. The standard InChI is InChI=1S/C21H16Cl2N4OS/c1-29-21-26-19(18-13(9-24)10-25-20(18)27-21)14-7-17(16(23)8-15(14)22)28-11-12-5-3-2-4-6-12/h3,5-8,10H,2,4,11H2,1H3,(H,25,26,27). The molecule has 0 radical (unpaired) electrons. The fraction of sp³-hybridized carbons (Fsp3) is 0.190. The number of benzene rings is 1. The monoisotopic (exact) mass is 442 g/mol. The molecule has 2 aromatic heterocycles. The molecule has 0 atom stereocenters. The summed E-state index contributed by atoms with van der Waals surface area (Å²) >= 11 is 14.3. The van der Waals surface area contributed by atoms with Gasteiger partial charge in [-0.05, 0) is 36.8 Å². The number of ether oxygens (including phenoxy) is 1. The quantitative estimate of drug-likeness (QED) is 0.377. The number of aromatic nitrogens is 3. The molecule has 0 unspecified atom stereocenters. The van der Waals surface area contributed by atoms with Crippen LogP contribution >= 0.6 is 35.0 Å². The molecule has 8 heteroatoms. The van der Waals surface area contributed by atoms with Crippen molar-refractivity contribution >= 4 is 46.0 Å². The Morgan fingerprint density at radius 1 is 1.24 bits per heavy atom. The Bertz CT molecular complexity index is 1190. The average Bonchev–Trinajstić information content (AvgIpc) is 3.16. The molecule has 0 aliphatic heterocycles. The highest BCUT2D eigenvalue weighted by Crippen LogP contribution is 2.40. The molecule has 2 heterocycles. The van der Waals surface area contributed by atoms with Crippen LogP contribution in [0.1, 0.15) is 18.4 Å². The number of rotatable bonds is 5. The minimum absolute atomic E-state index is 0.417. The molecule has 4 rings (SSSR count). The number of aromatic amines is 1. The van der Waals surface area contributed by atoms with E-state index < -0.39 is 0 Å². The van der Waals surface area contributed by atoms with Gasteiger partial charge in [0.1, 0.15) is 24.1 Å². The summed E-state index contributed by atoms with van der Waals surface area (Å²) in [7, 11) is 0. The molecule has 29 heavy (non-hydrogen) atoms. The minimum atomic E-state index is 0.417. The first-order valence-electron chi connectivity index (χ1n) is 8.91. The van der Waals surface area contributed by atoms with Crippen molar-refractivity contribution in [1.82, 2.24) is 15.0 Å². The molecule has 0 amide bonds. The first-order valence-corrected chi connectivity index (χ1v) is 10.9. The van der Waals surface area contributed by atoms with Crippen LogP contribution in [0.15, 0.2) is 47.3 Å². The van der Waals surface area contributed by atoms with Crippen LogP contribution in [0.25, 0.3) is 22.3 Å². The van der Waals surface area contributed by atoms with Crippen molar-refractivity contribution < 1.29 is 4.74 Å². The zero-order valence-corrected chi connectivity index (χ0v) is 17.8. The van der Waals surface area contributed by atoms with Crippen LogP contribution in [0.4, 0.5) is 0 Å². The largest absolute Gasteiger partial charge is 0.487 e. The van der Waals surface area contributed by atoms with Crippen LogP contribution in [0, 0.1) is 11.3 Å². The molecule has 1 N–H and O–H groups in total. The molecule has 1 aromatic carbocycles. The number of thioether (sulfide) groups is 1. The van der Waals surface area contributed by atoms with Crippen molar-refractivity contribution in [3.05, 3.63) is 57.7 Å². The van der Waals surface area contributed by atoms with Gasteiger partial charge in [0, 0.05) is 11.8 Å². The van der Waals surface area contributed by atoms with Gasteiger partial charge < -0.3 is 9.72 Å². The number of nitrogens with one attached hydrogen (secondary N) is 1. The summed E-state index contributed by atoms with van der Waals surface area (Å²) in [4.78, 5) is 12.1. The normalized spacial score (nSPS) is 13.4. The van der Waals surface area contributed by atoms with E-state index in [4.69, 9.17) is 27.9 Å². The molecule has 0 saturated carbocycles. The molecule has 146 valence electrons. The van der Waals surface area contributed by atoms with Crippen molar-refractivity contribution in [1.29, 1.82) is 5.26 Å². The fourth-order valence-electron chi connectivity index (χ4n) is 3.14. The fourth-order valence-corrected chi connectivity index (χ4v) is 4.04.